The summed E-state index contributed by atoms with van der Waals surface area (Å²) >= 11 is 0. The third-order valence-corrected chi connectivity index (χ3v) is 7.12. The highest BCUT2D eigenvalue weighted by molar-refractivity contribution is 5.94. The van der Waals surface area contributed by atoms with Crippen LogP contribution < -0.4 is 5.32 Å². The summed E-state index contributed by atoms with van der Waals surface area (Å²) in [4.78, 5) is 14.3. The average molecular weight is 445 g/mol. The summed E-state index contributed by atoms with van der Waals surface area (Å²) in [6, 6.07) is 24.1. The van der Waals surface area contributed by atoms with Gasteiger partial charge in [-0.15, -0.1) is 0 Å². The molecule has 3 unspecified atom stereocenters. The molecule has 0 spiro atoms. The second kappa shape index (κ2) is 11.0. The van der Waals surface area contributed by atoms with Crippen molar-refractivity contribution in [2.24, 2.45) is 0 Å². The molecule has 0 bridgehead atoms. The van der Waals surface area contributed by atoms with Crippen LogP contribution in [-0.4, -0.2) is 41.7 Å². The number of benzene rings is 3. The monoisotopic (exact) mass is 444 g/mol. The van der Waals surface area contributed by atoms with Crippen molar-refractivity contribution in [1.29, 1.82) is 0 Å². The lowest BCUT2D eigenvalue weighted by Gasteiger charge is -2.32. The Bertz CT molecular complexity index is 1060. The van der Waals surface area contributed by atoms with Crippen molar-refractivity contribution in [3.05, 3.63) is 83.4 Å². The van der Waals surface area contributed by atoms with Crippen molar-refractivity contribution in [3.63, 3.8) is 0 Å². The van der Waals surface area contributed by atoms with Gasteiger partial charge in [0.25, 0.3) is 5.91 Å². The summed E-state index contributed by atoms with van der Waals surface area (Å²) in [7, 11) is 0. The van der Waals surface area contributed by atoms with E-state index in [-0.39, 0.29) is 12.5 Å². The van der Waals surface area contributed by atoms with E-state index < -0.39 is 0 Å². The molecule has 3 aromatic carbocycles. The third-order valence-electron chi connectivity index (χ3n) is 7.12. The van der Waals surface area contributed by atoms with Crippen LogP contribution in [0.3, 0.4) is 0 Å². The Labute approximate surface area is 197 Å². The highest BCUT2D eigenvalue weighted by Gasteiger charge is 2.25. The molecule has 0 aromatic heterocycles. The van der Waals surface area contributed by atoms with Crippen LogP contribution in [0.5, 0.6) is 0 Å². The zero-order chi connectivity index (χ0) is 23.2. The Balaban J connectivity index is 1.41. The van der Waals surface area contributed by atoms with E-state index in [1.54, 1.807) is 4.90 Å². The highest BCUT2D eigenvalue weighted by Crippen LogP contribution is 2.34. The molecule has 4 nitrogen and oxygen atoms in total. The first-order valence-electron chi connectivity index (χ1n) is 12.3. The van der Waals surface area contributed by atoms with E-state index in [4.69, 9.17) is 0 Å². The second-order valence-electron chi connectivity index (χ2n) is 9.25. The van der Waals surface area contributed by atoms with Gasteiger partial charge in [0.15, 0.2) is 0 Å². The SMILES string of the molecule is CCN(CCO)C(=O)c1ccc(C2CCCC(NC(C)c3cccc4ccccc34)C2)cc1. The number of carbonyl (C=O) groups is 1. The van der Waals surface area contributed by atoms with Gasteiger partial charge in [0.05, 0.1) is 6.61 Å². The maximum Gasteiger partial charge on any atom is 0.253 e. The van der Waals surface area contributed by atoms with Gasteiger partial charge in [0.2, 0.25) is 0 Å². The maximum absolute atomic E-state index is 12.7. The number of aliphatic hydroxyl groups excluding tert-OH is 1. The van der Waals surface area contributed by atoms with Gasteiger partial charge in [-0.3, -0.25) is 4.79 Å². The van der Waals surface area contributed by atoms with E-state index in [1.807, 2.05) is 19.1 Å². The predicted octanol–water partition coefficient (Wildman–Crippen LogP) is 5.67. The highest BCUT2D eigenvalue weighted by atomic mass is 16.3. The molecule has 1 saturated carbocycles. The van der Waals surface area contributed by atoms with Crippen molar-refractivity contribution in [3.8, 4) is 0 Å². The van der Waals surface area contributed by atoms with E-state index >= 15 is 0 Å². The molecule has 33 heavy (non-hydrogen) atoms. The van der Waals surface area contributed by atoms with Crippen LogP contribution in [-0.2, 0) is 0 Å². The lowest BCUT2D eigenvalue weighted by atomic mass is 9.80. The Kier molecular flexibility index (Phi) is 7.79. The maximum atomic E-state index is 12.7. The topological polar surface area (TPSA) is 52.6 Å². The molecule has 4 rings (SSSR count). The molecular weight excluding hydrogens is 408 g/mol. The lowest BCUT2D eigenvalue weighted by Crippen LogP contribution is -2.35. The molecule has 1 aliphatic carbocycles. The summed E-state index contributed by atoms with van der Waals surface area (Å²) in [5.74, 6) is 0.505. The first-order valence-corrected chi connectivity index (χ1v) is 12.3. The number of aliphatic hydroxyl groups is 1. The molecule has 1 fully saturated rings. The van der Waals surface area contributed by atoms with Crippen LogP contribution in [0.25, 0.3) is 10.8 Å². The zero-order valence-electron chi connectivity index (χ0n) is 19.8. The Morgan fingerprint density at radius 3 is 2.58 bits per heavy atom. The molecular formula is C29H36N2O2. The standard InChI is InChI=1S/C29H36N2O2/c1-3-31(18-19-32)29(33)24-16-14-22(15-17-24)25-10-6-11-26(20-25)30-21(2)27-13-7-9-23-8-4-5-12-28(23)27/h4-5,7-9,12-17,21,25-26,30,32H,3,6,10-11,18-20H2,1-2H3. The van der Waals surface area contributed by atoms with Gasteiger partial charge in [-0.05, 0) is 73.1 Å². The first-order chi connectivity index (χ1) is 16.1. The molecule has 2 N–H and O–H groups in total. The number of hydrogen-bond acceptors (Lipinski definition) is 3. The van der Waals surface area contributed by atoms with Crippen molar-refractivity contribution in [2.75, 3.05) is 19.7 Å². The number of carbonyl (C=O) groups excluding carboxylic acids is 1. The summed E-state index contributed by atoms with van der Waals surface area (Å²) in [5, 5.41) is 15.7. The minimum atomic E-state index is -0.00907. The number of nitrogens with zero attached hydrogens (tertiary/aromatic N) is 1. The second-order valence-corrected chi connectivity index (χ2v) is 9.25. The number of amides is 1. The fourth-order valence-electron chi connectivity index (χ4n) is 5.32. The van der Waals surface area contributed by atoms with Gasteiger partial charge in [-0.1, -0.05) is 61.0 Å². The van der Waals surface area contributed by atoms with Gasteiger partial charge in [0.1, 0.15) is 0 Å². The third kappa shape index (κ3) is 5.45. The van der Waals surface area contributed by atoms with E-state index in [0.29, 0.717) is 36.7 Å². The van der Waals surface area contributed by atoms with E-state index in [0.717, 1.165) is 6.42 Å². The van der Waals surface area contributed by atoms with E-state index in [2.05, 4.69) is 66.8 Å². The van der Waals surface area contributed by atoms with Crippen LogP contribution in [0.2, 0.25) is 0 Å². The Hall–Kier alpha value is -2.69. The number of rotatable bonds is 8. The molecule has 0 radical (unpaired) electrons. The van der Waals surface area contributed by atoms with Crippen LogP contribution in [0.1, 0.15) is 73.0 Å². The van der Waals surface area contributed by atoms with Crippen LogP contribution in [0.15, 0.2) is 66.7 Å². The van der Waals surface area contributed by atoms with Crippen LogP contribution >= 0.6 is 0 Å². The quantitative estimate of drug-likeness (QED) is 0.471. The summed E-state index contributed by atoms with van der Waals surface area (Å²) in [5.41, 5.74) is 3.38. The molecule has 0 saturated heterocycles. The fraction of sp³-hybridized carbons (Fsp3) is 0.414. The average Bonchev–Trinajstić information content (AvgIpc) is 2.86. The first kappa shape index (κ1) is 23.5. The Morgan fingerprint density at radius 1 is 1.06 bits per heavy atom. The molecule has 0 aliphatic heterocycles. The van der Waals surface area contributed by atoms with Gasteiger partial charge >= 0.3 is 0 Å². The molecule has 0 heterocycles. The van der Waals surface area contributed by atoms with E-state index in [1.165, 1.54) is 41.2 Å². The molecule has 1 amide bonds. The smallest absolute Gasteiger partial charge is 0.253 e. The van der Waals surface area contributed by atoms with Crippen LogP contribution in [0, 0.1) is 0 Å². The zero-order valence-corrected chi connectivity index (χ0v) is 19.8. The van der Waals surface area contributed by atoms with Crippen molar-refractivity contribution >= 4 is 16.7 Å². The number of likely N-dealkylation sites (N-methyl/N-ethyl adjacent to an activating group) is 1. The van der Waals surface area contributed by atoms with Gasteiger partial charge in [0, 0.05) is 30.7 Å². The van der Waals surface area contributed by atoms with Crippen molar-refractivity contribution in [1.82, 2.24) is 10.2 Å². The van der Waals surface area contributed by atoms with Crippen molar-refractivity contribution < 1.29 is 9.90 Å². The van der Waals surface area contributed by atoms with Crippen molar-refractivity contribution in [2.45, 2.75) is 57.5 Å². The Morgan fingerprint density at radius 2 is 1.82 bits per heavy atom. The number of nitrogens with one attached hydrogen (secondary N) is 1. The van der Waals surface area contributed by atoms with Gasteiger partial charge < -0.3 is 15.3 Å². The molecule has 174 valence electrons. The summed E-state index contributed by atoms with van der Waals surface area (Å²) in [6.45, 7) is 5.19. The summed E-state index contributed by atoms with van der Waals surface area (Å²) < 4.78 is 0. The minimum Gasteiger partial charge on any atom is -0.395 e. The lowest BCUT2D eigenvalue weighted by molar-refractivity contribution is 0.0732. The molecule has 4 heteroatoms. The summed E-state index contributed by atoms with van der Waals surface area (Å²) in [6.07, 6.45) is 4.73. The van der Waals surface area contributed by atoms with E-state index in [9.17, 15) is 9.90 Å². The molecule has 3 atom stereocenters. The predicted molar refractivity (Wildman–Crippen MR) is 136 cm³/mol. The fourth-order valence-corrected chi connectivity index (χ4v) is 5.32. The number of fused-ring (bicyclic) bond motifs is 1. The molecule has 3 aromatic rings. The molecule has 1 aliphatic rings. The minimum absolute atomic E-state index is 0.00861. The normalized spacial score (nSPS) is 19.4. The van der Waals surface area contributed by atoms with Gasteiger partial charge in [-0.25, -0.2) is 0 Å². The van der Waals surface area contributed by atoms with Crippen LogP contribution in [0.4, 0.5) is 0 Å². The number of hydrogen-bond donors (Lipinski definition) is 2. The van der Waals surface area contributed by atoms with Gasteiger partial charge in [-0.2, -0.15) is 0 Å². The largest absolute Gasteiger partial charge is 0.395 e.